The first-order chi connectivity index (χ1) is 12.3. The van der Waals surface area contributed by atoms with Gasteiger partial charge in [-0.25, -0.2) is 0 Å². The third kappa shape index (κ3) is 3.61. The summed E-state index contributed by atoms with van der Waals surface area (Å²) < 4.78 is 0. The normalized spacial score (nSPS) is 10.8. The van der Waals surface area contributed by atoms with Crippen LogP contribution in [0, 0.1) is 20.8 Å². The lowest BCUT2D eigenvalue weighted by Gasteiger charge is -2.18. The van der Waals surface area contributed by atoms with Crippen molar-refractivity contribution in [2.45, 2.75) is 20.8 Å². The number of carbonyl (C=O) groups excluding carboxylic acids is 2. The zero-order chi connectivity index (χ0) is 18.8. The second-order valence-corrected chi connectivity index (χ2v) is 6.75. The lowest BCUT2D eigenvalue weighted by Crippen LogP contribution is -2.35. The van der Waals surface area contributed by atoms with Crippen LogP contribution in [0.3, 0.4) is 0 Å². The number of benzene rings is 2. The molecule has 5 heteroatoms. The summed E-state index contributed by atoms with van der Waals surface area (Å²) in [4.78, 5) is 29.5. The predicted octanol–water partition coefficient (Wildman–Crippen LogP) is 3.80. The van der Waals surface area contributed by atoms with Gasteiger partial charge in [0.15, 0.2) is 0 Å². The number of nitrogens with zero attached hydrogens (tertiary/aromatic N) is 1. The fraction of sp³-hybridized carbons (Fsp3) is 0.238. The van der Waals surface area contributed by atoms with Gasteiger partial charge in [0.05, 0.1) is 6.54 Å². The maximum absolute atomic E-state index is 12.6. The fourth-order valence-corrected chi connectivity index (χ4v) is 3.24. The molecule has 0 bridgehead atoms. The van der Waals surface area contributed by atoms with E-state index in [4.69, 9.17) is 0 Å². The van der Waals surface area contributed by atoms with Crippen LogP contribution in [0.2, 0.25) is 0 Å². The first kappa shape index (κ1) is 17.7. The van der Waals surface area contributed by atoms with Gasteiger partial charge < -0.3 is 15.2 Å². The molecule has 26 heavy (non-hydrogen) atoms. The highest BCUT2D eigenvalue weighted by Crippen LogP contribution is 2.22. The van der Waals surface area contributed by atoms with Gasteiger partial charge >= 0.3 is 0 Å². The molecule has 0 spiro atoms. The van der Waals surface area contributed by atoms with Crippen LogP contribution in [-0.2, 0) is 4.79 Å². The highest BCUT2D eigenvalue weighted by molar-refractivity contribution is 6.01. The molecule has 0 aliphatic rings. The Morgan fingerprint density at radius 3 is 2.35 bits per heavy atom. The van der Waals surface area contributed by atoms with Gasteiger partial charge in [0.25, 0.3) is 5.91 Å². The number of H-pyrrole nitrogens is 1. The summed E-state index contributed by atoms with van der Waals surface area (Å²) in [7, 11) is 1.63. The van der Waals surface area contributed by atoms with Crippen molar-refractivity contribution in [1.29, 1.82) is 0 Å². The molecule has 5 nitrogen and oxygen atoms in total. The van der Waals surface area contributed by atoms with Gasteiger partial charge in [0.1, 0.15) is 5.69 Å². The summed E-state index contributed by atoms with van der Waals surface area (Å²) in [5.41, 5.74) is 5.38. The average molecular weight is 349 g/mol. The van der Waals surface area contributed by atoms with E-state index < -0.39 is 0 Å². The summed E-state index contributed by atoms with van der Waals surface area (Å²) in [6, 6.07) is 13.6. The van der Waals surface area contributed by atoms with Crippen molar-refractivity contribution in [2.24, 2.45) is 0 Å². The van der Waals surface area contributed by atoms with Crippen LogP contribution >= 0.6 is 0 Å². The number of nitrogens with one attached hydrogen (secondary N) is 2. The van der Waals surface area contributed by atoms with Gasteiger partial charge in [-0.3, -0.25) is 9.59 Å². The highest BCUT2D eigenvalue weighted by atomic mass is 16.2. The smallest absolute Gasteiger partial charge is 0.270 e. The molecule has 0 aliphatic carbocycles. The van der Waals surface area contributed by atoms with Gasteiger partial charge in [0, 0.05) is 23.6 Å². The third-order valence-electron chi connectivity index (χ3n) is 4.43. The minimum atomic E-state index is -0.216. The Balaban J connectivity index is 1.70. The lowest BCUT2D eigenvalue weighted by molar-refractivity contribution is -0.116. The quantitative estimate of drug-likeness (QED) is 0.752. The van der Waals surface area contributed by atoms with Crippen LogP contribution in [-0.4, -0.2) is 35.3 Å². The van der Waals surface area contributed by atoms with E-state index in [-0.39, 0.29) is 18.4 Å². The van der Waals surface area contributed by atoms with Crippen molar-refractivity contribution < 1.29 is 9.59 Å². The van der Waals surface area contributed by atoms with E-state index in [1.54, 1.807) is 13.1 Å². The number of aryl methyl sites for hydroxylation is 3. The van der Waals surface area contributed by atoms with E-state index in [9.17, 15) is 9.59 Å². The number of likely N-dealkylation sites (N-methyl/N-ethyl adjacent to an activating group) is 1. The van der Waals surface area contributed by atoms with Crippen molar-refractivity contribution in [2.75, 3.05) is 18.9 Å². The Kier molecular flexibility index (Phi) is 4.80. The molecule has 0 unspecified atom stereocenters. The molecule has 2 aromatic carbocycles. The van der Waals surface area contributed by atoms with Gasteiger partial charge in [-0.15, -0.1) is 0 Å². The van der Waals surface area contributed by atoms with Crippen LogP contribution in [0.1, 0.15) is 27.2 Å². The number of hydrogen-bond acceptors (Lipinski definition) is 2. The Hall–Kier alpha value is -3.08. The van der Waals surface area contributed by atoms with Crippen LogP contribution in [0.25, 0.3) is 10.9 Å². The molecule has 0 aliphatic heterocycles. The van der Waals surface area contributed by atoms with Crippen LogP contribution in [0.15, 0.2) is 42.5 Å². The molecule has 0 atom stereocenters. The number of fused-ring (bicyclic) bond motifs is 1. The molecule has 0 saturated carbocycles. The number of anilines is 1. The maximum Gasteiger partial charge on any atom is 0.270 e. The van der Waals surface area contributed by atoms with Gasteiger partial charge in [0.2, 0.25) is 5.91 Å². The standard InChI is InChI=1S/C21H23N3O2/c1-13-9-14(2)20(15(3)10-13)23-19(25)12-24(4)21(26)18-11-16-7-5-6-8-17(16)22-18/h5-11,22H,12H2,1-4H3,(H,23,25). The molecule has 3 aromatic rings. The molecule has 0 saturated heterocycles. The molecular formula is C21H23N3O2. The molecule has 1 heterocycles. The zero-order valence-corrected chi connectivity index (χ0v) is 15.5. The van der Waals surface area contributed by atoms with E-state index in [1.165, 1.54) is 4.90 Å². The molecule has 134 valence electrons. The molecule has 2 amide bonds. The number of amides is 2. The summed E-state index contributed by atoms with van der Waals surface area (Å²) >= 11 is 0. The number of hydrogen-bond donors (Lipinski definition) is 2. The van der Waals surface area contributed by atoms with E-state index in [1.807, 2.05) is 57.2 Å². The maximum atomic E-state index is 12.6. The number of para-hydroxylation sites is 1. The molecule has 3 rings (SSSR count). The van der Waals surface area contributed by atoms with E-state index in [0.717, 1.165) is 33.3 Å². The second kappa shape index (κ2) is 7.04. The largest absolute Gasteiger partial charge is 0.351 e. The summed E-state index contributed by atoms with van der Waals surface area (Å²) in [6.45, 7) is 5.95. The van der Waals surface area contributed by atoms with E-state index in [0.29, 0.717) is 5.69 Å². The average Bonchev–Trinajstić information content (AvgIpc) is 3.01. The van der Waals surface area contributed by atoms with Crippen LogP contribution < -0.4 is 5.32 Å². The minimum Gasteiger partial charge on any atom is -0.351 e. The minimum absolute atomic E-state index is 0.0129. The van der Waals surface area contributed by atoms with Crippen molar-refractivity contribution >= 4 is 28.4 Å². The van der Waals surface area contributed by atoms with Crippen molar-refractivity contribution in [1.82, 2.24) is 9.88 Å². The summed E-state index contributed by atoms with van der Waals surface area (Å²) in [5.74, 6) is -0.430. The second-order valence-electron chi connectivity index (χ2n) is 6.75. The van der Waals surface area contributed by atoms with Crippen LogP contribution in [0.5, 0.6) is 0 Å². The van der Waals surface area contributed by atoms with Gasteiger partial charge in [-0.2, -0.15) is 0 Å². The number of aromatic nitrogens is 1. The van der Waals surface area contributed by atoms with E-state index >= 15 is 0 Å². The molecule has 2 N–H and O–H groups in total. The Labute approximate surface area is 153 Å². The van der Waals surface area contributed by atoms with Gasteiger partial charge in [-0.05, 0) is 44.0 Å². The SMILES string of the molecule is Cc1cc(C)c(NC(=O)CN(C)C(=O)c2cc3ccccc3[nH]2)c(C)c1. The highest BCUT2D eigenvalue weighted by Gasteiger charge is 2.18. The Morgan fingerprint density at radius 2 is 1.69 bits per heavy atom. The van der Waals surface area contributed by atoms with Crippen LogP contribution in [0.4, 0.5) is 5.69 Å². The van der Waals surface area contributed by atoms with E-state index in [2.05, 4.69) is 10.3 Å². The Bertz CT molecular complexity index is 932. The number of carbonyl (C=O) groups is 2. The zero-order valence-electron chi connectivity index (χ0n) is 15.5. The first-order valence-electron chi connectivity index (χ1n) is 8.56. The molecular weight excluding hydrogens is 326 g/mol. The Morgan fingerprint density at radius 1 is 1.04 bits per heavy atom. The van der Waals surface area contributed by atoms with Gasteiger partial charge in [-0.1, -0.05) is 35.9 Å². The lowest BCUT2D eigenvalue weighted by atomic mass is 10.1. The molecule has 0 fully saturated rings. The molecule has 1 aromatic heterocycles. The summed E-state index contributed by atoms with van der Waals surface area (Å²) in [6.07, 6.45) is 0. The van der Waals surface area contributed by atoms with Crippen molar-refractivity contribution in [3.63, 3.8) is 0 Å². The summed E-state index contributed by atoms with van der Waals surface area (Å²) in [5, 5.41) is 3.90. The molecule has 0 radical (unpaired) electrons. The topological polar surface area (TPSA) is 65.2 Å². The van der Waals surface area contributed by atoms with Crippen molar-refractivity contribution in [3.05, 3.63) is 64.8 Å². The first-order valence-corrected chi connectivity index (χ1v) is 8.56. The fourth-order valence-electron chi connectivity index (χ4n) is 3.24. The number of rotatable bonds is 4. The predicted molar refractivity (Wildman–Crippen MR) is 105 cm³/mol. The number of aromatic amines is 1. The van der Waals surface area contributed by atoms with Crippen molar-refractivity contribution in [3.8, 4) is 0 Å². The monoisotopic (exact) mass is 349 g/mol. The third-order valence-corrected chi connectivity index (χ3v) is 4.43.